The van der Waals surface area contributed by atoms with E-state index in [0.29, 0.717) is 5.69 Å². The molecule has 73 valence electrons. The molecule has 4 nitrogen and oxygen atoms in total. The molecule has 1 heterocycles. The van der Waals surface area contributed by atoms with Crippen LogP contribution in [0.1, 0.15) is 0 Å². The van der Waals surface area contributed by atoms with E-state index in [-0.39, 0.29) is 5.69 Å². The first-order chi connectivity index (χ1) is 7.27. The molecule has 4 heteroatoms. The summed E-state index contributed by atoms with van der Waals surface area (Å²) in [5.74, 6) is 0. The van der Waals surface area contributed by atoms with Gasteiger partial charge in [-0.25, -0.2) is 4.98 Å². The Morgan fingerprint density at radius 2 is 2.20 bits per heavy atom. The zero-order valence-corrected chi connectivity index (χ0v) is 7.75. The molecule has 0 amide bonds. The van der Waals surface area contributed by atoms with E-state index in [0.717, 1.165) is 5.56 Å². The van der Waals surface area contributed by atoms with Crippen LogP contribution >= 0.6 is 0 Å². The van der Waals surface area contributed by atoms with Crippen molar-refractivity contribution in [1.82, 2.24) is 4.98 Å². The first-order valence-electron chi connectivity index (χ1n) is 4.34. The van der Waals surface area contributed by atoms with Crippen LogP contribution in [0.2, 0.25) is 0 Å². The molecule has 0 aliphatic rings. The molecule has 1 aromatic carbocycles. The molecule has 0 N–H and O–H groups in total. The van der Waals surface area contributed by atoms with Crippen LogP contribution in [0.15, 0.2) is 42.6 Å². The number of benzene rings is 1. The topological polar surface area (TPSA) is 56.0 Å². The zero-order chi connectivity index (χ0) is 10.7. The molecule has 15 heavy (non-hydrogen) atoms. The van der Waals surface area contributed by atoms with Gasteiger partial charge >= 0.3 is 0 Å². The van der Waals surface area contributed by atoms with Crippen molar-refractivity contribution in [2.45, 2.75) is 0 Å². The maximum atomic E-state index is 10.4. The molecular weight excluding hydrogens is 192 g/mol. The lowest BCUT2D eigenvalue weighted by molar-refractivity contribution is -0.385. The Morgan fingerprint density at radius 3 is 2.73 bits per heavy atom. The minimum Gasteiger partial charge on any atom is -0.258 e. The van der Waals surface area contributed by atoms with Crippen LogP contribution in [0.4, 0.5) is 5.69 Å². The van der Waals surface area contributed by atoms with Crippen molar-refractivity contribution in [1.29, 1.82) is 0 Å². The molecule has 0 saturated carbocycles. The lowest BCUT2D eigenvalue weighted by Gasteiger charge is -1.98. The van der Waals surface area contributed by atoms with Gasteiger partial charge < -0.3 is 0 Å². The van der Waals surface area contributed by atoms with Crippen LogP contribution in [0.3, 0.4) is 0 Å². The highest BCUT2D eigenvalue weighted by atomic mass is 16.6. The van der Waals surface area contributed by atoms with Crippen molar-refractivity contribution in [2.75, 3.05) is 0 Å². The molecule has 0 fully saturated rings. The summed E-state index contributed by atoms with van der Waals surface area (Å²) in [7, 11) is 0. The number of hydrogen-bond donors (Lipinski definition) is 0. The van der Waals surface area contributed by atoms with E-state index in [1.54, 1.807) is 18.2 Å². The number of hydrogen-bond acceptors (Lipinski definition) is 3. The normalized spacial score (nSPS) is 9.87. The number of nitro groups is 1. The van der Waals surface area contributed by atoms with Crippen LogP contribution in [0.25, 0.3) is 11.3 Å². The Hall–Kier alpha value is -2.23. The van der Waals surface area contributed by atoms with Gasteiger partial charge in [0, 0.05) is 11.6 Å². The first-order valence-corrected chi connectivity index (χ1v) is 4.34. The summed E-state index contributed by atoms with van der Waals surface area (Å²) in [6, 6.07) is 13.3. The zero-order valence-electron chi connectivity index (χ0n) is 7.75. The van der Waals surface area contributed by atoms with Crippen LogP contribution in [-0.2, 0) is 0 Å². The van der Waals surface area contributed by atoms with Crippen molar-refractivity contribution in [2.24, 2.45) is 0 Å². The highest BCUT2D eigenvalue weighted by Crippen LogP contribution is 2.18. The molecule has 0 aliphatic carbocycles. The van der Waals surface area contributed by atoms with E-state index in [9.17, 15) is 10.1 Å². The SMILES string of the molecule is O=[N+]([O-])c1ccc(-c2c[c]ccc2)nc1. The van der Waals surface area contributed by atoms with Gasteiger partial charge in [-0.1, -0.05) is 18.2 Å². The van der Waals surface area contributed by atoms with E-state index < -0.39 is 4.92 Å². The highest BCUT2D eigenvalue weighted by molar-refractivity contribution is 5.59. The van der Waals surface area contributed by atoms with Crippen molar-refractivity contribution in [3.05, 3.63) is 58.8 Å². The van der Waals surface area contributed by atoms with Gasteiger partial charge in [-0.3, -0.25) is 10.1 Å². The Labute approximate surface area is 86.4 Å². The van der Waals surface area contributed by atoms with Crippen molar-refractivity contribution < 1.29 is 4.92 Å². The van der Waals surface area contributed by atoms with E-state index >= 15 is 0 Å². The van der Waals surface area contributed by atoms with Gasteiger partial charge in [-0.05, 0) is 18.2 Å². The lowest BCUT2D eigenvalue weighted by Crippen LogP contribution is -1.89. The Kier molecular flexibility index (Phi) is 2.41. The van der Waals surface area contributed by atoms with Gasteiger partial charge in [0.15, 0.2) is 0 Å². The molecular formula is C11H7N2O2. The minimum absolute atomic E-state index is 0.00124. The van der Waals surface area contributed by atoms with Gasteiger partial charge in [0.1, 0.15) is 6.20 Å². The molecule has 2 rings (SSSR count). The average Bonchev–Trinajstić information content (AvgIpc) is 2.30. The van der Waals surface area contributed by atoms with Gasteiger partial charge in [0.2, 0.25) is 0 Å². The van der Waals surface area contributed by atoms with Gasteiger partial charge in [0.25, 0.3) is 5.69 Å². The van der Waals surface area contributed by atoms with Gasteiger partial charge in [-0.15, -0.1) is 0 Å². The quantitative estimate of drug-likeness (QED) is 0.551. The predicted octanol–water partition coefficient (Wildman–Crippen LogP) is 2.46. The molecule has 0 unspecified atom stereocenters. The third-order valence-electron chi connectivity index (χ3n) is 1.96. The van der Waals surface area contributed by atoms with Crippen molar-refractivity contribution >= 4 is 5.69 Å². The molecule has 1 aromatic heterocycles. The number of pyridine rings is 1. The third kappa shape index (κ3) is 1.99. The van der Waals surface area contributed by atoms with Crippen molar-refractivity contribution in [3.8, 4) is 11.3 Å². The summed E-state index contributed by atoms with van der Waals surface area (Å²) >= 11 is 0. The fraction of sp³-hybridized carbons (Fsp3) is 0. The summed E-state index contributed by atoms with van der Waals surface area (Å²) in [4.78, 5) is 14.0. The monoisotopic (exact) mass is 199 g/mol. The third-order valence-corrected chi connectivity index (χ3v) is 1.96. The van der Waals surface area contributed by atoms with E-state index in [2.05, 4.69) is 11.1 Å². The lowest BCUT2D eigenvalue weighted by atomic mass is 10.1. The number of rotatable bonds is 2. The second-order valence-electron chi connectivity index (χ2n) is 2.95. The Bertz CT molecular complexity index is 466. The fourth-order valence-electron chi connectivity index (χ4n) is 1.22. The Balaban J connectivity index is 2.36. The highest BCUT2D eigenvalue weighted by Gasteiger charge is 2.05. The van der Waals surface area contributed by atoms with E-state index in [1.807, 2.05) is 12.1 Å². The second-order valence-corrected chi connectivity index (χ2v) is 2.95. The summed E-state index contributed by atoms with van der Waals surface area (Å²) < 4.78 is 0. The van der Waals surface area contributed by atoms with Crippen LogP contribution in [-0.4, -0.2) is 9.91 Å². The molecule has 0 atom stereocenters. The van der Waals surface area contributed by atoms with Crippen molar-refractivity contribution in [3.63, 3.8) is 0 Å². The van der Waals surface area contributed by atoms with E-state index in [4.69, 9.17) is 0 Å². The van der Waals surface area contributed by atoms with E-state index in [1.165, 1.54) is 12.3 Å². The molecule has 0 bridgehead atoms. The predicted molar refractivity (Wildman–Crippen MR) is 55.2 cm³/mol. The molecule has 0 saturated heterocycles. The van der Waals surface area contributed by atoms with Gasteiger partial charge in [-0.2, -0.15) is 0 Å². The van der Waals surface area contributed by atoms with Crippen LogP contribution in [0, 0.1) is 16.2 Å². The molecule has 0 aliphatic heterocycles. The van der Waals surface area contributed by atoms with Crippen LogP contribution < -0.4 is 0 Å². The standard InChI is InChI=1S/C11H7N2O2/c14-13(15)10-6-7-11(12-8-10)9-4-2-1-3-5-9/h1-2,4-8H. The average molecular weight is 199 g/mol. The molecule has 0 spiro atoms. The van der Waals surface area contributed by atoms with Gasteiger partial charge in [0.05, 0.1) is 10.6 Å². The molecule has 2 aromatic rings. The second kappa shape index (κ2) is 3.88. The Morgan fingerprint density at radius 1 is 1.33 bits per heavy atom. The summed E-state index contributed by atoms with van der Waals surface area (Å²) in [5.41, 5.74) is 1.60. The maximum absolute atomic E-state index is 10.4. The smallest absolute Gasteiger partial charge is 0.258 e. The number of nitrogens with zero attached hydrogens (tertiary/aromatic N) is 2. The van der Waals surface area contributed by atoms with Crippen LogP contribution in [0.5, 0.6) is 0 Å². The summed E-state index contributed by atoms with van der Waals surface area (Å²) in [6.45, 7) is 0. The first kappa shape index (κ1) is 9.33. The summed E-state index contributed by atoms with van der Waals surface area (Å²) in [5, 5.41) is 10.4. The fourth-order valence-corrected chi connectivity index (χ4v) is 1.22. The number of aromatic nitrogens is 1. The minimum atomic E-state index is -0.464. The summed E-state index contributed by atoms with van der Waals surface area (Å²) in [6.07, 6.45) is 1.25. The largest absolute Gasteiger partial charge is 0.287 e. The molecule has 1 radical (unpaired) electrons. The maximum Gasteiger partial charge on any atom is 0.287 e.